The minimum absolute atomic E-state index is 0.00803. The van der Waals surface area contributed by atoms with E-state index in [4.69, 9.17) is 5.73 Å². The Morgan fingerprint density at radius 2 is 1.55 bits per heavy atom. The summed E-state index contributed by atoms with van der Waals surface area (Å²) in [6.07, 6.45) is 5.70. The summed E-state index contributed by atoms with van der Waals surface area (Å²) in [6.45, 7) is -0.168. The Labute approximate surface area is 470 Å². The molecule has 9 N–H and O–H groups in total. The number of nitrogens with one attached hydrogen (secondary N) is 5. The van der Waals surface area contributed by atoms with E-state index in [1.54, 1.807) is 11.9 Å². The third kappa shape index (κ3) is 13.1. The van der Waals surface area contributed by atoms with E-state index in [2.05, 4.69) is 26.3 Å². The van der Waals surface area contributed by atoms with Gasteiger partial charge in [0.2, 0.25) is 41.4 Å². The standard InChI is InChI=1S/C55H65N10O15PS/c1-62-45-24-33(9-16-42(45)65(55(62)75)44-18-20-47(67)61-52(44)72)23-30-3-5-31(6-4-30)25-48(68)63-22-21-36-11-17-43(51(71)59-39(15-19-46(56)66)49(69)57-28-32-7-12-37(13-8-32)82(2,79)80)64(36)53(73)41(29-63)60-50(70)40-27-35-26-34(10-14-38(35)58-40)54(74)81(76,77)78/h7-10,12-14,16,24,26-27,30-31,36,39,41,43-44,58H,3-6,11,15,17-23,25,28-29H2,1-2H3,(H2,56,66)(H,57,69)(H,59,71)(H,60,70)(H,61,67,72)(H2,76,77,78)/t30?,31?,36?,39-,41-,43-,44?/m0/s1. The number of sulfone groups is 1. The fourth-order valence-corrected chi connectivity index (χ4v) is 13.0. The van der Waals surface area contributed by atoms with Crippen LogP contribution in [0.4, 0.5) is 0 Å². The van der Waals surface area contributed by atoms with Gasteiger partial charge in [0.25, 0.3) is 11.4 Å². The first-order chi connectivity index (χ1) is 38.8. The number of hydrogen-bond donors (Lipinski definition) is 8. The van der Waals surface area contributed by atoms with Crippen LogP contribution < -0.4 is 32.7 Å². The van der Waals surface area contributed by atoms with E-state index in [-0.39, 0.29) is 115 Å². The lowest BCUT2D eigenvalue weighted by atomic mass is 9.78. The number of rotatable bonds is 18. The average molecular weight is 1170 g/mol. The third-order valence-electron chi connectivity index (χ3n) is 16.3. The number of benzene rings is 3. The smallest absolute Gasteiger partial charge is 0.370 e. The van der Waals surface area contributed by atoms with Gasteiger partial charge in [-0.3, -0.25) is 62.2 Å². The lowest BCUT2D eigenvalue weighted by Crippen LogP contribution is -2.62. The number of H-pyrrole nitrogens is 1. The maximum Gasteiger partial charge on any atom is 0.396 e. The van der Waals surface area contributed by atoms with Crippen LogP contribution in [0.3, 0.4) is 0 Å². The van der Waals surface area contributed by atoms with Gasteiger partial charge in [0.05, 0.1) is 15.9 Å². The van der Waals surface area contributed by atoms with Gasteiger partial charge >= 0.3 is 13.3 Å². The minimum atomic E-state index is -5.14. The highest BCUT2D eigenvalue weighted by atomic mass is 32.2. The van der Waals surface area contributed by atoms with Crippen molar-refractivity contribution in [1.82, 2.24) is 45.2 Å². The second-order valence-corrected chi connectivity index (χ2v) is 25.5. The van der Waals surface area contributed by atoms with Crippen LogP contribution in [-0.2, 0) is 68.0 Å². The summed E-state index contributed by atoms with van der Waals surface area (Å²) in [5.41, 5.74) is 6.45. The molecule has 5 atom stereocenters. The number of aromatic nitrogens is 3. The number of amides is 8. The highest BCUT2D eigenvalue weighted by Gasteiger charge is 2.46. The molecule has 1 aliphatic carbocycles. The molecule has 436 valence electrons. The molecule has 8 amide bonds. The molecule has 3 aromatic carbocycles. The molecule has 0 spiro atoms. The van der Waals surface area contributed by atoms with Gasteiger partial charge in [0.1, 0.15) is 29.9 Å². The van der Waals surface area contributed by atoms with E-state index in [1.807, 2.05) is 18.2 Å². The summed E-state index contributed by atoms with van der Waals surface area (Å²) in [5, 5.41) is 10.8. The van der Waals surface area contributed by atoms with E-state index in [0.29, 0.717) is 28.5 Å². The Kier molecular flexibility index (Phi) is 17.2. The van der Waals surface area contributed by atoms with E-state index < -0.39 is 88.6 Å². The van der Waals surface area contributed by atoms with Gasteiger partial charge in [-0.1, -0.05) is 18.2 Å². The molecule has 2 aromatic heterocycles. The number of primary amides is 1. The molecule has 0 radical (unpaired) electrons. The quantitative estimate of drug-likeness (QED) is 0.0457. The molecule has 27 heteroatoms. The fraction of sp³-hybridized carbons (Fsp3) is 0.455. The number of carbonyl (C=O) groups is 9. The molecule has 1 saturated carbocycles. The van der Waals surface area contributed by atoms with E-state index in [1.165, 1.54) is 62.6 Å². The zero-order valence-corrected chi connectivity index (χ0v) is 46.8. The van der Waals surface area contributed by atoms with Crippen LogP contribution in [0.15, 0.2) is 76.4 Å². The van der Waals surface area contributed by atoms with Crippen molar-refractivity contribution >= 4 is 92.2 Å². The van der Waals surface area contributed by atoms with E-state index in [0.717, 1.165) is 43.9 Å². The van der Waals surface area contributed by atoms with Crippen molar-refractivity contribution in [3.8, 4) is 0 Å². The molecule has 5 heterocycles. The molecule has 4 fully saturated rings. The molecular formula is C55H65N10O15PS. The van der Waals surface area contributed by atoms with Crippen molar-refractivity contribution in [2.75, 3.05) is 19.3 Å². The van der Waals surface area contributed by atoms with Crippen LogP contribution in [-0.4, -0.2) is 138 Å². The molecule has 3 aliphatic heterocycles. The van der Waals surface area contributed by atoms with Crippen LogP contribution in [0.5, 0.6) is 0 Å². The molecule has 3 saturated heterocycles. The third-order valence-corrected chi connectivity index (χ3v) is 18.2. The number of aryl methyl sites for hydroxylation is 1. The minimum Gasteiger partial charge on any atom is -0.370 e. The largest absolute Gasteiger partial charge is 0.396 e. The highest BCUT2D eigenvalue weighted by Crippen LogP contribution is 2.40. The first-order valence-corrected chi connectivity index (χ1v) is 30.7. The number of piperidine rings is 1. The normalized spacial score (nSPS) is 22.0. The maximum atomic E-state index is 15.0. The zero-order chi connectivity index (χ0) is 58.9. The van der Waals surface area contributed by atoms with Gasteiger partial charge in [-0.25, -0.2) is 13.2 Å². The van der Waals surface area contributed by atoms with Gasteiger partial charge in [-0.15, -0.1) is 0 Å². The molecule has 82 heavy (non-hydrogen) atoms. The molecule has 9 rings (SSSR count). The van der Waals surface area contributed by atoms with E-state index in [9.17, 15) is 65.9 Å². The SMILES string of the molecule is Cn1c(=O)n(C2CCC(=O)NC2=O)c2ccc(CC3CCC(CC(=O)N4CCC5CC[C@@H](C(=O)N[C@@H](CCC(N)=O)C(=O)NCc6ccc(S(C)(=O)=O)cc6)N5C(=O)[C@@H](NC(=O)c5cc6cc(C(=O)P(=O)(O)O)ccc6[nH]5)C4)CC3)cc21. The van der Waals surface area contributed by atoms with Crippen molar-refractivity contribution in [2.24, 2.45) is 24.6 Å². The monoisotopic (exact) mass is 1170 g/mol. The summed E-state index contributed by atoms with van der Waals surface area (Å²) in [7, 11) is -6.97. The molecule has 0 bridgehead atoms. The van der Waals surface area contributed by atoms with E-state index >= 15 is 4.79 Å². The number of aromatic amines is 1. The van der Waals surface area contributed by atoms with Crippen LogP contribution in [0.1, 0.15) is 115 Å². The van der Waals surface area contributed by atoms with Crippen molar-refractivity contribution in [3.63, 3.8) is 0 Å². The predicted octanol–water partition coefficient (Wildman–Crippen LogP) is 1.72. The highest BCUT2D eigenvalue weighted by molar-refractivity contribution is 7.90. The maximum absolute atomic E-state index is 15.0. The summed E-state index contributed by atoms with van der Waals surface area (Å²) in [4.78, 5) is 159. The topological polar surface area (TPSA) is 369 Å². The Morgan fingerprint density at radius 1 is 0.841 bits per heavy atom. The summed E-state index contributed by atoms with van der Waals surface area (Å²) in [5.74, 6) is -4.43. The number of nitrogens with two attached hydrogens (primary N) is 1. The number of fused-ring (bicyclic) bond motifs is 3. The van der Waals surface area contributed by atoms with Crippen LogP contribution in [0.25, 0.3) is 21.9 Å². The molecular weight excluding hydrogens is 1100 g/mol. The Hall–Kier alpha value is -7.80. The van der Waals surface area contributed by atoms with Crippen molar-refractivity contribution in [3.05, 3.63) is 99.6 Å². The molecule has 25 nitrogen and oxygen atoms in total. The van der Waals surface area contributed by atoms with Gasteiger partial charge in [0.15, 0.2) is 9.84 Å². The first-order valence-electron chi connectivity index (χ1n) is 27.2. The lowest BCUT2D eigenvalue weighted by molar-refractivity contribution is -0.146. The molecule has 5 aromatic rings. The summed E-state index contributed by atoms with van der Waals surface area (Å²) >= 11 is 0. The van der Waals surface area contributed by atoms with Crippen LogP contribution in [0, 0.1) is 11.8 Å². The summed E-state index contributed by atoms with van der Waals surface area (Å²) < 4.78 is 38.6. The number of imide groups is 1. The predicted molar refractivity (Wildman–Crippen MR) is 295 cm³/mol. The van der Waals surface area contributed by atoms with Gasteiger partial charge < -0.3 is 46.3 Å². The first kappa shape index (κ1) is 58.8. The molecule has 4 aliphatic rings. The number of imidazole rings is 1. The van der Waals surface area contributed by atoms with Crippen LogP contribution in [0.2, 0.25) is 0 Å². The number of carbonyl (C=O) groups excluding carboxylic acids is 9. The van der Waals surface area contributed by atoms with Gasteiger partial charge in [0, 0.05) is 74.7 Å². The average Bonchev–Trinajstić information content (AvgIpc) is 3.28. The lowest BCUT2D eigenvalue weighted by Gasteiger charge is -2.39. The van der Waals surface area contributed by atoms with Gasteiger partial charge in [-0.05, 0) is 136 Å². The van der Waals surface area contributed by atoms with Crippen LogP contribution >= 0.6 is 7.60 Å². The molecule has 2 unspecified atom stereocenters. The Morgan fingerprint density at radius 3 is 2.23 bits per heavy atom. The summed E-state index contributed by atoms with van der Waals surface area (Å²) in [6, 6.07) is 11.4. The second kappa shape index (κ2) is 24.0. The number of nitrogens with zero attached hydrogens (tertiary/aromatic N) is 4. The van der Waals surface area contributed by atoms with Crippen molar-refractivity contribution < 1.29 is 65.9 Å². The second-order valence-electron chi connectivity index (χ2n) is 22.0. The number of hydrogen-bond acceptors (Lipinski definition) is 13. The van der Waals surface area contributed by atoms with Crippen molar-refractivity contribution in [2.45, 2.75) is 125 Å². The Bertz CT molecular complexity index is 3640. The fourth-order valence-electron chi connectivity index (χ4n) is 11.9. The Balaban J connectivity index is 0.889. The zero-order valence-electron chi connectivity index (χ0n) is 45.1. The van der Waals surface area contributed by atoms with Crippen molar-refractivity contribution in [1.29, 1.82) is 0 Å². The van der Waals surface area contributed by atoms with Gasteiger partial charge in [-0.2, -0.15) is 0 Å².